The molecule has 3 N–H and O–H groups in total. The van der Waals surface area contributed by atoms with Gasteiger partial charge in [0, 0.05) is 11.4 Å². The van der Waals surface area contributed by atoms with E-state index in [-0.39, 0.29) is 11.4 Å². The maximum absolute atomic E-state index is 13.5. The number of rotatable bonds is 3. The number of nitrogen functional groups attached to an aromatic ring is 1. The van der Waals surface area contributed by atoms with Gasteiger partial charge < -0.3 is 10.7 Å². The molecule has 2 aromatic carbocycles. The summed E-state index contributed by atoms with van der Waals surface area (Å²) in [6.45, 7) is 2.08. The summed E-state index contributed by atoms with van der Waals surface area (Å²) in [6, 6.07) is 15.8. The minimum atomic E-state index is -0.387. The molecule has 0 saturated heterocycles. The number of hydrogen-bond acceptors (Lipinski definition) is 5. The first-order valence-corrected chi connectivity index (χ1v) is 9.87. The van der Waals surface area contributed by atoms with Crippen LogP contribution in [0.15, 0.2) is 72.0 Å². The lowest BCUT2D eigenvalue weighted by Gasteiger charge is -2.14. The Balaban J connectivity index is 0.000000192. The van der Waals surface area contributed by atoms with Crippen LogP contribution < -0.4 is 11.3 Å². The van der Waals surface area contributed by atoms with Gasteiger partial charge in [0.25, 0.3) is 5.56 Å². The molecule has 7 nitrogen and oxygen atoms in total. The summed E-state index contributed by atoms with van der Waals surface area (Å²) in [4.78, 5) is 27.1. The highest BCUT2D eigenvalue weighted by Gasteiger charge is 2.11. The van der Waals surface area contributed by atoms with Gasteiger partial charge in [0.1, 0.15) is 17.7 Å². The van der Waals surface area contributed by atoms with Crippen LogP contribution in [0.1, 0.15) is 19.0 Å². The van der Waals surface area contributed by atoms with Crippen LogP contribution in [0.3, 0.4) is 0 Å². The van der Waals surface area contributed by atoms with Gasteiger partial charge >= 0.3 is 0 Å². The lowest BCUT2D eigenvalue weighted by molar-refractivity contribution is 0.629. The smallest absolute Gasteiger partial charge is 0.263 e. The van der Waals surface area contributed by atoms with E-state index in [0.717, 1.165) is 29.6 Å². The number of H-pyrrole nitrogens is 1. The van der Waals surface area contributed by atoms with E-state index < -0.39 is 0 Å². The van der Waals surface area contributed by atoms with Gasteiger partial charge in [0.15, 0.2) is 11.5 Å². The number of fused-ring (bicyclic) bond motifs is 2. The normalized spacial score (nSPS) is 10.8. The molecule has 0 unspecified atom stereocenters. The third-order valence-corrected chi connectivity index (χ3v) is 4.83. The van der Waals surface area contributed by atoms with Gasteiger partial charge in [-0.25, -0.2) is 19.3 Å². The van der Waals surface area contributed by atoms with E-state index in [0.29, 0.717) is 22.4 Å². The summed E-state index contributed by atoms with van der Waals surface area (Å²) in [5.74, 6) is 0.0463. The van der Waals surface area contributed by atoms with Gasteiger partial charge in [-0.05, 0) is 42.1 Å². The zero-order chi connectivity index (χ0) is 21.8. The summed E-state index contributed by atoms with van der Waals surface area (Å²) >= 11 is 0. The van der Waals surface area contributed by atoms with Crippen molar-refractivity contribution in [3.63, 3.8) is 0 Å². The number of aromatic nitrogens is 5. The second kappa shape index (κ2) is 8.74. The van der Waals surface area contributed by atoms with Gasteiger partial charge in [-0.1, -0.05) is 37.6 Å². The van der Waals surface area contributed by atoms with Crippen LogP contribution in [-0.2, 0) is 6.42 Å². The molecule has 3 heterocycles. The largest absolute Gasteiger partial charge is 0.382 e. The summed E-state index contributed by atoms with van der Waals surface area (Å²) in [5, 5.41) is 1.20. The van der Waals surface area contributed by atoms with Crippen molar-refractivity contribution in [2.45, 2.75) is 19.8 Å². The van der Waals surface area contributed by atoms with Crippen molar-refractivity contribution < 1.29 is 4.39 Å². The molecule has 0 aliphatic heterocycles. The van der Waals surface area contributed by atoms with Crippen molar-refractivity contribution in [2.75, 3.05) is 5.73 Å². The second-order valence-corrected chi connectivity index (χ2v) is 6.95. The Morgan fingerprint density at radius 3 is 2.61 bits per heavy atom. The highest BCUT2D eigenvalue weighted by molar-refractivity contribution is 5.82. The molecule has 0 bridgehead atoms. The number of nitrogens with zero attached hydrogens (tertiary/aromatic N) is 4. The lowest BCUT2D eigenvalue weighted by Crippen LogP contribution is -2.22. The first-order chi connectivity index (χ1) is 15.1. The third-order valence-electron chi connectivity index (χ3n) is 4.83. The Kier molecular flexibility index (Phi) is 5.70. The summed E-state index contributed by atoms with van der Waals surface area (Å²) in [7, 11) is 0. The molecule has 3 aromatic heterocycles. The van der Waals surface area contributed by atoms with Crippen molar-refractivity contribution in [2.24, 2.45) is 0 Å². The lowest BCUT2D eigenvalue weighted by atomic mass is 10.1. The fourth-order valence-electron chi connectivity index (χ4n) is 3.42. The molecular weight excluding hydrogens is 395 g/mol. The van der Waals surface area contributed by atoms with Crippen molar-refractivity contribution >= 4 is 27.8 Å². The van der Waals surface area contributed by atoms with Crippen molar-refractivity contribution in [1.29, 1.82) is 0 Å². The zero-order valence-corrected chi connectivity index (χ0v) is 16.9. The van der Waals surface area contributed by atoms with Crippen molar-refractivity contribution in [3.8, 4) is 5.69 Å². The fourth-order valence-corrected chi connectivity index (χ4v) is 3.42. The Hall–Kier alpha value is -4.07. The van der Waals surface area contributed by atoms with Crippen LogP contribution in [0.25, 0.3) is 27.6 Å². The molecule has 5 rings (SSSR count). The van der Waals surface area contributed by atoms with Crippen molar-refractivity contribution in [3.05, 3.63) is 89.1 Å². The molecule has 0 spiro atoms. The predicted octanol–water partition coefficient (Wildman–Crippen LogP) is 4.02. The van der Waals surface area contributed by atoms with Crippen LogP contribution in [0, 0.1) is 5.82 Å². The van der Waals surface area contributed by atoms with Gasteiger partial charge in [-0.15, -0.1) is 0 Å². The molecule has 0 amide bonds. The van der Waals surface area contributed by atoms with Crippen LogP contribution in [0.5, 0.6) is 0 Å². The number of benzene rings is 2. The number of aryl methyl sites for hydroxylation is 1. The van der Waals surface area contributed by atoms with E-state index in [4.69, 9.17) is 5.73 Å². The average Bonchev–Trinajstić information content (AvgIpc) is 3.26. The molecule has 5 aromatic rings. The summed E-state index contributed by atoms with van der Waals surface area (Å²) < 4.78 is 15.1. The van der Waals surface area contributed by atoms with Gasteiger partial charge in [0.2, 0.25) is 0 Å². The highest BCUT2D eigenvalue weighted by atomic mass is 19.1. The van der Waals surface area contributed by atoms with Gasteiger partial charge in [-0.2, -0.15) is 0 Å². The quantitative estimate of drug-likeness (QED) is 0.462. The number of imidazole rings is 1. The van der Waals surface area contributed by atoms with E-state index in [1.54, 1.807) is 10.6 Å². The molecule has 156 valence electrons. The Morgan fingerprint density at radius 1 is 1.06 bits per heavy atom. The third kappa shape index (κ3) is 4.13. The zero-order valence-electron chi connectivity index (χ0n) is 16.9. The van der Waals surface area contributed by atoms with Crippen molar-refractivity contribution in [1.82, 2.24) is 24.5 Å². The number of hydrogen-bond donors (Lipinski definition) is 2. The predicted molar refractivity (Wildman–Crippen MR) is 120 cm³/mol. The summed E-state index contributed by atoms with van der Waals surface area (Å²) in [5.41, 5.74) is 8.38. The molecule has 0 atom stereocenters. The first kappa shape index (κ1) is 20.2. The number of pyridine rings is 1. The minimum absolute atomic E-state index is 0.165. The van der Waals surface area contributed by atoms with Gasteiger partial charge in [-0.3, -0.25) is 9.36 Å². The monoisotopic (exact) mass is 416 g/mol. The van der Waals surface area contributed by atoms with Crippen LogP contribution in [0.2, 0.25) is 0 Å². The standard InChI is InChI=1S/C18H16FNO.C5H5N5/c1-2-6-16-11-13-9-10-14(19)12-17(13)18(21)20(16)15-7-4-3-5-8-15;6-4-3-5(9-1-7-3)10-2-8-4/h3-5,7-12H,2,6H2,1H3;1-2H,(H3,6,7,8,9,10). The van der Waals surface area contributed by atoms with Crippen LogP contribution in [0.4, 0.5) is 10.2 Å². The number of nitrogens with two attached hydrogens (primary N) is 1. The Bertz CT molecular complexity index is 1390. The molecule has 0 aliphatic carbocycles. The molecule has 0 aliphatic rings. The number of aromatic amines is 1. The fraction of sp³-hybridized carbons (Fsp3) is 0.130. The summed E-state index contributed by atoms with van der Waals surface area (Å²) in [6.07, 6.45) is 4.67. The molecule has 31 heavy (non-hydrogen) atoms. The molecule has 8 heteroatoms. The number of anilines is 1. The topological polar surface area (TPSA) is 102 Å². The van der Waals surface area contributed by atoms with E-state index >= 15 is 0 Å². The molecule has 0 saturated carbocycles. The van der Waals surface area contributed by atoms with Gasteiger partial charge in [0.05, 0.1) is 11.7 Å². The minimum Gasteiger partial charge on any atom is -0.382 e. The van der Waals surface area contributed by atoms with E-state index in [2.05, 4.69) is 26.9 Å². The molecule has 0 radical (unpaired) electrons. The maximum atomic E-state index is 13.5. The second-order valence-electron chi connectivity index (χ2n) is 6.95. The number of halogens is 1. The molecular formula is C23H21FN6O. The van der Waals surface area contributed by atoms with Crippen LogP contribution >= 0.6 is 0 Å². The average molecular weight is 416 g/mol. The van der Waals surface area contributed by atoms with Crippen LogP contribution in [-0.4, -0.2) is 24.5 Å². The van der Waals surface area contributed by atoms with E-state index in [1.165, 1.54) is 24.8 Å². The SMILES string of the molecule is CCCc1cc2ccc(F)cc2c(=O)n1-c1ccccc1.Nc1ncnc2nc[nH]c12. The highest BCUT2D eigenvalue weighted by Crippen LogP contribution is 2.18. The molecule has 0 fully saturated rings. The Morgan fingerprint density at radius 2 is 1.87 bits per heavy atom. The van der Waals surface area contributed by atoms with E-state index in [1.807, 2.05) is 36.4 Å². The first-order valence-electron chi connectivity index (χ1n) is 9.87. The number of para-hydroxylation sites is 1. The Labute approximate surface area is 177 Å². The van der Waals surface area contributed by atoms with E-state index in [9.17, 15) is 9.18 Å². The maximum Gasteiger partial charge on any atom is 0.263 e. The number of nitrogens with one attached hydrogen (secondary N) is 1.